The lowest BCUT2D eigenvalue weighted by Crippen LogP contribution is -2.23. The quantitative estimate of drug-likeness (QED) is 0.859. The van der Waals surface area contributed by atoms with E-state index in [0.29, 0.717) is 0 Å². The molecule has 3 nitrogen and oxygen atoms in total. The Morgan fingerprint density at radius 2 is 1.85 bits per heavy atom. The predicted molar refractivity (Wildman–Crippen MR) is 84.3 cm³/mol. The molecule has 1 aromatic carbocycles. The Kier molecular flexibility index (Phi) is 5.15. The number of thiazole rings is 1. The lowest BCUT2D eigenvalue weighted by Gasteiger charge is -2.22. The number of benzene rings is 1. The molecule has 0 fully saturated rings. The minimum Gasteiger partial charge on any atom is -0.491 e. The molecule has 0 aliphatic rings. The Bertz CT molecular complexity index is 525. The molecule has 0 radical (unpaired) electrons. The Balaban J connectivity index is 2.10. The van der Waals surface area contributed by atoms with Crippen molar-refractivity contribution in [3.05, 3.63) is 46.4 Å². The summed E-state index contributed by atoms with van der Waals surface area (Å²) in [6.07, 6.45) is 0.180. The molecule has 0 aliphatic heterocycles. The van der Waals surface area contributed by atoms with E-state index in [2.05, 4.69) is 35.6 Å². The fraction of sp³-hybridized carbons (Fsp3) is 0.438. The Morgan fingerprint density at radius 3 is 2.50 bits per heavy atom. The van der Waals surface area contributed by atoms with Crippen molar-refractivity contribution in [1.82, 2.24) is 10.3 Å². The monoisotopic (exact) mass is 290 g/mol. The van der Waals surface area contributed by atoms with E-state index in [1.165, 1.54) is 5.56 Å². The Morgan fingerprint density at radius 1 is 1.10 bits per heavy atom. The zero-order valence-electron chi connectivity index (χ0n) is 12.5. The molecule has 0 aliphatic carbocycles. The summed E-state index contributed by atoms with van der Waals surface area (Å²) in [5, 5.41) is 5.66. The number of hydrogen-bond donors (Lipinski definition) is 1. The van der Waals surface area contributed by atoms with E-state index in [4.69, 9.17) is 4.74 Å². The summed E-state index contributed by atoms with van der Waals surface area (Å²) < 4.78 is 5.89. The molecule has 2 rings (SSSR count). The fourth-order valence-electron chi connectivity index (χ4n) is 2.19. The van der Waals surface area contributed by atoms with Crippen molar-refractivity contribution in [3.8, 4) is 5.75 Å². The van der Waals surface area contributed by atoms with E-state index < -0.39 is 0 Å². The zero-order chi connectivity index (χ0) is 14.5. The molecule has 1 heterocycles. The van der Waals surface area contributed by atoms with Crippen LogP contribution < -0.4 is 10.1 Å². The second kappa shape index (κ2) is 6.86. The van der Waals surface area contributed by atoms with Crippen LogP contribution in [0.15, 0.2) is 35.2 Å². The lowest BCUT2D eigenvalue weighted by atomic mass is 10.1. The summed E-state index contributed by atoms with van der Waals surface area (Å²) in [5.41, 5.74) is 4.14. The van der Waals surface area contributed by atoms with Crippen LogP contribution in [0.25, 0.3) is 0 Å². The van der Waals surface area contributed by atoms with Crippen LogP contribution in [0.4, 0.5) is 0 Å². The van der Waals surface area contributed by atoms with Crippen LogP contribution in [0, 0.1) is 0 Å². The van der Waals surface area contributed by atoms with Crippen LogP contribution >= 0.6 is 11.3 Å². The number of para-hydroxylation sites is 1. The third kappa shape index (κ3) is 3.81. The van der Waals surface area contributed by atoms with Crippen molar-refractivity contribution >= 4 is 11.3 Å². The van der Waals surface area contributed by atoms with Gasteiger partial charge in [0.2, 0.25) is 0 Å². The molecule has 108 valence electrons. The van der Waals surface area contributed by atoms with Gasteiger partial charge in [-0.3, -0.25) is 0 Å². The maximum Gasteiger partial charge on any atom is 0.124 e. The SMILES string of the molecule is CC(C)Oc1ccccc1C(C)NC(C)c1cscn1. The van der Waals surface area contributed by atoms with Crippen LogP contribution in [-0.4, -0.2) is 11.1 Å². The van der Waals surface area contributed by atoms with E-state index in [1.54, 1.807) is 11.3 Å². The number of nitrogens with one attached hydrogen (secondary N) is 1. The molecule has 20 heavy (non-hydrogen) atoms. The largest absolute Gasteiger partial charge is 0.491 e. The molecular weight excluding hydrogens is 268 g/mol. The van der Waals surface area contributed by atoms with E-state index in [-0.39, 0.29) is 18.2 Å². The third-order valence-electron chi connectivity index (χ3n) is 3.14. The highest BCUT2D eigenvalue weighted by Crippen LogP contribution is 2.27. The molecule has 2 unspecified atom stereocenters. The normalized spacial score (nSPS) is 14.2. The number of hydrogen-bond acceptors (Lipinski definition) is 4. The minimum atomic E-state index is 0.180. The van der Waals surface area contributed by atoms with E-state index >= 15 is 0 Å². The molecule has 4 heteroatoms. The first-order chi connectivity index (χ1) is 9.58. The zero-order valence-corrected chi connectivity index (χ0v) is 13.3. The second-order valence-electron chi connectivity index (χ2n) is 5.23. The van der Waals surface area contributed by atoms with Crippen LogP contribution in [0.3, 0.4) is 0 Å². The molecule has 0 amide bonds. The first kappa shape index (κ1) is 15.0. The van der Waals surface area contributed by atoms with Crippen LogP contribution in [0.2, 0.25) is 0 Å². The average Bonchev–Trinajstić information content (AvgIpc) is 2.92. The van der Waals surface area contributed by atoms with Crippen molar-refractivity contribution in [1.29, 1.82) is 0 Å². The van der Waals surface area contributed by atoms with Gasteiger partial charge in [-0.15, -0.1) is 11.3 Å². The average molecular weight is 290 g/mol. The molecule has 1 N–H and O–H groups in total. The third-order valence-corrected chi connectivity index (χ3v) is 3.75. The molecule has 0 saturated carbocycles. The fourth-order valence-corrected chi connectivity index (χ4v) is 2.83. The van der Waals surface area contributed by atoms with Gasteiger partial charge in [0.15, 0.2) is 0 Å². The number of nitrogens with zero attached hydrogens (tertiary/aromatic N) is 1. The molecule has 0 bridgehead atoms. The van der Waals surface area contributed by atoms with Gasteiger partial charge in [-0.25, -0.2) is 4.98 Å². The van der Waals surface area contributed by atoms with Gasteiger partial charge in [0.25, 0.3) is 0 Å². The first-order valence-electron chi connectivity index (χ1n) is 6.97. The highest BCUT2D eigenvalue weighted by atomic mass is 32.1. The minimum absolute atomic E-state index is 0.180. The first-order valence-corrected chi connectivity index (χ1v) is 7.92. The summed E-state index contributed by atoms with van der Waals surface area (Å²) in [4.78, 5) is 4.36. The van der Waals surface area contributed by atoms with Crippen molar-refractivity contribution in [2.24, 2.45) is 0 Å². The van der Waals surface area contributed by atoms with Crippen LogP contribution in [-0.2, 0) is 0 Å². The topological polar surface area (TPSA) is 34.1 Å². The number of rotatable bonds is 6. The second-order valence-corrected chi connectivity index (χ2v) is 5.95. The van der Waals surface area contributed by atoms with Gasteiger partial charge in [0, 0.05) is 23.0 Å². The van der Waals surface area contributed by atoms with Gasteiger partial charge in [-0.05, 0) is 33.8 Å². The van der Waals surface area contributed by atoms with Gasteiger partial charge in [0.1, 0.15) is 5.75 Å². The summed E-state index contributed by atoms with van der Waals surface area (Å²) >= 11 is 1.63. The van der Waals surface area contributed by atoms with Gasteiger partial charge < -0.3 is 10.1 Å². The van der Waals surface area contributed by atoms with E-state index in [9.17, 15) is 0 Å². The maximum atomic E-state index is 5.89. The molecule has 0 saturated heterocycles. The van der Waals surface area contributed by atoms with Crippen LogP contribution in [0.1, 0.15) is 51.0 Å². The van der Waals surface area contributed by atoms with E-state index in [0.717, 1.165) is 11.4 Å². The molecule has 0 spiro atoms. The standard InChI is InChI=1S/C16H22N2OS/c1-11(2)19-16-8-6-5-7-14(16)12(3)18-13(4)15-9-20-10-17-15/h5-13,18H,1-4H3. The lowest BCUT2D eigenvalue weighted by molar-refractivity contribution is 0.237. The smallest absolute Gasteiger partial charge is 0.124 e. The highest BCUT2D eigenvalue weighted by molar-refractivity contribution is 7.07. The van der Waals surface area contributed by atoms with Crippen molar-refractivity contribution in [2.75, 3.05) is 0 Å². The van der Waals surface area contributed by atoms with Gasteiger partial charge in [0.05, 0.1) is 17.3 Å². The highest BCUT2D eigenvalue weighted by Gasteiger charge is 2.16. The summed E-state index contributed by atoms with van der Waals surface area (Å²) in [5.74, 6) is 0.952. The van der Waals surface area contributed by atoms with Gasteiger partial charge in [-0.1, -0.05) is 18.2 Å². The molecule has 2 aromatic rings. The van der Waals surface area contributed by atoms with Crippen molar-refractivity contribution in [2.45, 2.75) is 45.9 Å². The predicted octanol–water partition coefficient (Wildman–Crippen LogP) is 4.34. The van der Waals surface area contributed by atoms with Crippen LogP contribution in [0.5, 0.6) is 5.75 Å². The Labute approximate surface area is 125 Å². The Hall–Kier alpha value is -1.39. The number of aromatic nitrogens is 1. The van der Waals surface area contributed by atoms with E-state index in [1.807, 2.05) is 37.6 Å². The molecule has 2 atom stereocenters. The number of ether oxygens (including phenoxy) is 1. The summed E-state index contributed by atoms with van der Waals surface area (Å²) in [7, 11) is 0. The molecular formula is C16H22N2OS. The van der Waals surface area contributed by atoms with Crippen molar-refractivity contribution < 1.29 is 4.74 Å². The summed E-state index contributed by atoms with van der Waals surface area (Å²) in [6.45, 7) is 8.39. The van der Waals surface area contributed by atoms with Gasteiger partial charge >= 0.3 is 0 Å². The summed E-state index contributed by atoms with van der Waals surface area (Å²) in [6, 6.07) is 8.64. The van der Waals surface area contributed by atoms with Gasteiger partial charge in [-0.2, -0.15) is 0 Å². The molecule has 1 aromatic heterocycles. The maximum absolute atomic E-state index is 5.89. The van der Waals surface area contributed by atoms with Crippen molar-refractivity contribution in [3.63, 3.8) is 0 Å².